The van der Waals surface area contributed by atoms with Crippen molar-refractivity contribution in [2.45, 2.75) is 0 Å². The second-order valence-electron chi connectivity index (χ2n) is 3.75. The molecule has 0 radical (unpaired) electrons. The first-order valence-corrected chi connectivity index (χ1v) is 4.77. The highest BCUT2D eigenvalue weighted by Gasteiger charge is 2.65. The van der Waals surface area contributed by atoms with Gasteiger partial charge < -0.3 is 9.47 Å². The molecule has 2 aliphatic rings. The molecule has 0 aromatic rings. The van der Waals surface area contributed by atoms with Gasteiger partial charge in [-0.2, -0.15) is 0 Å². The van der Waals surface area contributed by atoms with Crippen molar-refractivity contribution in [3.63, 3.8) is 0 Å². The molecular weight excluding hydrogens is 196 g/mol. The van der Waals surface area contributed by atoms with Gasteiger partial charge in [0.1, 0.15) is 0 Å². The van der Waals surface area contributed by atoms with Crippen molar-refractivity contribution in [3.8, 4) is 0 Å². The lowest BCUT2D eigenvalue weighted by atomic mass is 9.69. The molecule has 0 aromatic carbocycles. The van der Waals surface area contributed by atoms with Crippen LogP contribution in [0.3, 0.4) is 0 Å². The quantitative estimate of drug-likeness (QED) is 0.380. The maximum Gasteiger partial charge on any atom is 0.325 e. The number of ether oxygens (including phenoxy) is 2. The minimum Gasteiger partial charge on any atom is -0.464 e. The lowest BCUT2D eigenvalue weighted by Crippen LogP contribution is -2.42. The van der Waals surface area contributed by atoms with Crippen molar-refractivity contribution < 1.29 is 19.1 Å². The van der Waals surface area contributed by atoms with E-state index < -0.39 is 17.4 Å². The van der Waals surface area contributed by atoms with Gasteiger partial charge in [0.25, 0.3) is 0 Å². The molecule has 1 spiro atoms. The first-order valence-electron chi connectivity index (χ1n) is 4.77. The average Bonchev–Trinajstić information content (AvgIpc) is 2.74. The van der Waals surface area contributed by atoms with E-state index in [0.717, 1.165) is 0 Å². The molecule has 2 atom stereocenters. The van der Waals surface area contributed by atoms with E-state index in [0.29, 0.717) is 0 Å². The molecule has 0 bridgehead atoms. The van der Waals surface area contributed by atoms with E-state index in [-0.39, 0.29) is 25.0 Å². The van der Waals surface area contributed by atoms with Crippen LogP contribution in [0.4, 0.5) is 0 Å². The smallest absolute Gasteiger partial charge is 0.325 e. The third-order valence-corrected chi connectivity index (χ3v) is 3.20. The summed E-state index contributed by atoms with van der Waals surface area (Å²) in [5.74, 6) is -1.66. The molecule has 0 saturated carbocycles. The summed E-state index contributed by atoms with van der Waals surface area (Å²) in [7, 11) is 0. The fraction of sp³-hybridized carbons (Fsp3) is 0.455. The highest BCUT2D eigenvalue weighted by atomic mass is 16.6. The van der Waals surface area contributed by atoms with Crippen molar-refractivity contribution in [1.82, 2.24) is 0 Å². The molecule has 2 saturated heterocycles. The maximum atomic E-state index is 11.7. The molecule has 80 valence electrons. The molecule has 0 N–H and O–H groups in total. The zero-order chi connectivity index (χ0) is 11.1. The van der Waals surface area contributed by atoms with Gasteiger partial charge in [-0.25, -0.2) is 0 Å². The van der Waals surface area contributed by atoms with E-state index in [2.05, 4.69) is 13.2 Å². The van der Waals surface area contributed by atoms with Gasteiger partial charge in [-0.15, -0.1) is 13.2 Å². The van der Waals surface area contributed by atoms with Crippen LogP contribution in [-0.4, -0.2) is 25.2 Å². The van der Waals surface area contributed by atoms with E-state index >= 15 is 0 Å². The van der Waals surface area contributed by atoms with Gasteiger partial charge in [0.15, 0.2) is 5.41 Å². The SMILES string of the molecule is C=CC1COC(=O)C12C(=O)OCC2C=C. The van der Waals surface area contributed by atoms with E-state index in [1.54, 1.807) is 12.2 Å². The molecular formula is C11H12O4. The van der Waals surface area contributed by atoms with Crippen molar-refractivity contribution in [2.24, 2.45) is 17.3 Å². The number of cyclic esters (lactones) is 2. The Bertz CT molecular complexity index is 310. The summed E-state index contributed by atoms with van der Waals surface area (Å²) in [4.78, 5) is 23.5. The Balaban J connectivity index is 2.51. The first-order chi connectivity index (χ1) is 7.17. The second kappa shape index (κ2) is 3.22. The van der Waals surface area contributed by atoms with Crippen molar-refractivity contribution in [2.75, 3.05) is 13.2 Å². The summed E-state index contributed by atoms with van der Waals surface area (Å²) < 4.78 is 9.88. The molecule has 2 unspecified atom stereocenters. The highest BCUT2D eigenvalue weighted by Crippen LogP contribution is 2.48. The number of rotatable bonds is 2. The minimum atomic E-state index is -1.22. The van der Waals surface area contributed by atoms with Gasteiger partial charge in [-0.3, -0.25) is 9.59 Å². The van der Waals surface area contributed by atoms with Crippen LogP contribution < -0.4 is 0 Å². The van der Waals surface area contributed by atoms with Gasteiger partial charge in [0.2, 0.25) is 0 Å². The van der Waals surface area contributed by atoms with Crippen molar-refractivity contribution in [1.29, 1.82) is 0 Å². The van der Waals surface area contributed by atoms with Gasteiger partial charge >= 0.3 is 11.9 Å². The standard InChI is InChI=1S/C11H12O4/c1-3-7-5-14-9(12)11(7)8(4-2)6-15-10(11)13/h3-4,7-8H,1-2,5-6H2. The first kappa shape index (κ1) is 9.96. The Labute approximate surface area is 87.5 Å². The van der Waals surface area contributed by atoms with Crippen LogP contribution in [0.15, 0.2) is 25.3 Å². The molecule has 0 aromatic heterocycles. The van der Waals surface area contributed by atoms with Gasteiger partial charge in [-0.05, 0) is 0 Å². The Hall–Kier alpha value is -1.58. The predicted molar refractivity (Wildman–Crippen MR) is 51.7 cm³/mol. The van der Waals surface area contributed by atoms with Crippen LogP contribution >= 0.6 is 0 Å². The Morgan fingerprint density at radius 1 is 1.07 bits per heavy atom. The molecule has 4 heteroatoms. The van der Waals surface area contributed by atoms with Gasteiger partial charge in [0.05, 0.1) is 13.2 Å². The third kappa shape index (κ3) is 1.02. The lowest BCUT2D eigenvalue weighted by Gasteiger charge is -2.23. The van der Waals surface area contributed by atoms with Crippen LogP contribution in [0.2, 0.25) is 0 Å². The largest absolute Gasteiger partial charge is 0.464 e. The highest BCUT2D eigenvalue weighted by molar-refractivity contribution is 6.03. The molecule has 2 heterocycles. The van der Waals surface area contributed by atoms with Crippen molar-refractivity contribution in [3.05, 3.63) is 25.3 Å². The molecule has 2 fully saturated rings. The van der Waals surface area contributed by atoms with Crippen LogP contribution in [0.1, 0.15) is 0 Å². The van der Waals surface area contributed by atoms with E-state index in [1.165, 1.54) is 0 Å². The number of hydrogen-bond acceptors (Lipinski definition) is 4. The monoisotopic (exact) mass is 208 g/mol. The normalized spacial score (nSPS) is 38.9. The lowest BCUT2D eigenvalue weighted by molar-refractivity contribution is -0.158. The van der Waals surface area contributed by atoms with E-state index in [4.69, 9.17) is 9.47 Å². The van der Waals surface area contributed by atoms with Crippen LogP contribution in [0.5, 0.6) is 0 Å². The molecule has 2 rings (SSSR count). The maximum absolute atomic E-state index is 11.7. The number of carbonyl (C=O) groups is 2. The Morgan fingerprint density at radius 2 is 1.47 bits per heavy atom. The van der Waals surface area contributed by atoms with Gasteiger partial charge in [0, 0.05) is 11.8 Å². The molecule has 0 aliphatic carbocycles. The summed E-state index contributed by atoms with van der Waals surface area (Å²) in [5.41, 5.74) is -1.22. The molecule has 4 nitrogen and oxygen atoms in total. The summed E-state index contributed by atoms with van der Waals surface area (Å²) in [6, 6.07) is 0. The number of hydrogen-bond donors (Lipinski definition) is 0. The summed E-state index contributed by atoms with van der Waals surface area (Å²) in [6.45, 7) is 7.64. The fourth-order valence-electron chi connectivity index (χ4n) is 2.30. The minimum absolute atomic E-state index is 0.196. The summed E-state index contributed by atoms with van der Waals surface area (Å²) in [5, 5.41) is 0. The molecule has 15 heavy (non-hydrogen) atoms. The average molecular weight is 208 g/mol. The van der Waals surface area contributed by atoms with Crippen LogP contribution in [0, 0.1) is 17.3 Å². The molecule has 2 aliphatic heterocycles. The zero-order valence-corrected chi connectivity index (χ0v) is 8.27. The summed E-state index contributed by atoms with van der Waals surface area (Å²) in [6.07, 6.45) is 3.15. The van der Waals surface area contributed by atoms with E-state index in [1.807, 2.05) is 0 Å². The number of carbonyl (C=O) groups excluding carboxylic acids is 2. The number of esters is 2. The Kier molecular flexibility index (Phi) is 2.14. The van der Waals surface area contributed by atoms with E-state index in [9.17, 15) is 9.59 Å². The van der Waals surface area contributed by atoms with Crippen LogP contribution in [0.25, 0.3) is 0 Å². The van der Waals surface area contributed by atoms with Crippen molar-refractivity contribution >= 4 is 11.9 Å². The molecule has 0 amide bonds. The Morgan fingerprint density at radius 3 is 1.80 bits per heavy atom. The fourth-order valence-corrected chi connectivity index (χ4v) is 2.30. The predicted octanol–water partition coefficient (Wildman–Crippen LogP) is 0.691. The topological polar surface area (TPSA) is 52.6 Å². The van der Waals surface area contributed by atoms with Crippen LogP contribution in [-0.2, 0) is 19.1 Å². The third-order valence-electron chi connectivity index (χ3n) is 3.20. The zero-order valence-electron chi connectivity index (χ0n) is 8.27. The second-order valence-corrected chi connectivity index (χ2v) is 3.75. The summed E-state index contributed by atoms with van der Waals surface area (Å²) >= 11 is 0. The van der Waals surface area contributed by atoms with Gasteiger partial charge in [-0.1, -0.05) is 12.2 Å².